The molecular weight excluding hydrogens is 387 g/mol. The monoisotopic (exact) mass is 410 g/mol. The van der Waals surface area contributed by atoms with Crippen LogP contribution in [-0.2, 0) is 0 Å². The molecule has 2 saturated heterocycles. The molecule has 0 radical (unpaired) electrons. The number of benzene rings is 1. The number of likely N-dealkylation sites (tertiary alicyclic amines) is 1. The molecule has 2 aliphatic heterocycles. The fourth-order valence-corrected chi connectivity index (χ4v) is 4.74. The van der Waals surface area contributed by atoms with E-state index < -0.39 is 0 Å². The number of hydrogen-bond acceptors (Lipinski definition) is 3. The Bertz CT molecular complexity index is 668. The maximum Gasteiger partial charge on any atom is 0.322 e. The number of fused-ring (bicyclic) bond motifs is 1. The molecule has 7 heteroatoms. The third kappa shape index (κ3) is 3.29. The summed E-state index contributed by atoms with van der Waals surface area (Å²) in [7, 11) is 0. The van der Waals surface area contributed by atoms with E-state index >= 15 is 0 Å². The molecule has 3 fully saturated rings. The van der Waals surface area contributed by atoms with Gasteiger partial charge in [0.15, 0.2) is 0 Å². The molecule has 0 aromatic heterocycles. The number of piperidine rings is 1. The molecule has 0 bridgehead atoms. The summed E-state index contributed by atoms with van der Waals surface area (Å²) in [6.07, 6.45) is 4.84. The van der Waals surface area contributed by atoms with Gasteiger partial charge >= 0.3 is 6.03 Å². The quantitative estimate of drug-likeness (QED) is 0.699. The fourth-order valence-electron chi connectivity index (χ4n) is 4.36. The average Bonchev–Trinajstić information content (AvgIpc) is 2.91. The van der Waals surface area contributed by atoms with Crippen molar-refractivity contribution in [2.45, 2.75) is 50.7 Å². The van der Waals surface area contributed by atoms with Gasteiger partial charge in [-0.1, -0.05) is 6.42 Å². The zero-order valence-electron chi connectivity index (χ0n) is 14.3. The maximum atomic E-state index is 13.4. The van der Waals surface area contributed by atoms with Crippen molar-refractivity contribution in [3.8, 4) is 0 Å². The molecule has 5 nitrogen and oxygen atoms in total. The van der Waals surface area contributed by atoms with Crippen LogP contribution in [0.3, 0.4) is 0 Å². The third-order valence-electron chi connectivity index (χ3n) is 6.04. The highest BCUT2D eigenvalue weighted by molar-refractivity contribution is 9.10. The SMILES string of the molecule is CC1CC2NNC(C3CCC3)C2CN1C(=O)Nc1ccc(F)c(Br)c1. The number of nitrogens with one attached hydrogen (secondary N) is 3. The molecule has 3 N–H and O–H groups in total. The Labute approximate surface area is 155 Å². The number of carbonyl (C=O) groups excluding carboxylic acids is 1. The zero-order chi connectivity index (χ0) is 17.6. The molecule has 2 heterocycles. The average molecular weight is 411 g/mol. The molecule has 1 aromatic carbocycles. The Morgan fingerprint density at radius 2 is 2.16 bits per heavy atom. The van der Waals surface area contributed by atoms with Gasteiger partial charge in [0, 0.05) is 36.3 Å². The summed E-state index contributed by atoms with van der Waals surface area (Å²) in [5.41, 5.74) is 7.55. The number of carbonyl (C=O) groups is 1. The molecule has 1 aromatic rings. The Morgan fingerprint density at radius 1 is 1.36 bits per heavy atom. The van der Waals surface area contributed by atoms with Gasteiger partial charge in [-0.05, 0) is 66.2 Å². The Hall–Kier alpha value is -1.18. The van der Waals surface area contributed by atoms with Gasteiger partial charge in [0.25, 0.3) is 0 Å². The lowest BCUT2D eigenvalue weighted by molar-refractivity contribution is 0.108. The van der Waals surface area contributed by atoms with Crippen LogP contribution in [0.4, 0.5) is 14.9 Å². The van der Waals surface area contributed by atoms with E-state index in [-0.39, 0.29) is 17.9 Å². The fraction of sp³-hybridized carbons (Fsp3) is 0.611. The van der Waals surface area contributed by atoms with Crippen LogP contribution in [0.25, 0.3) is 0 Å². The smallest absolute Gasteiger partial charge is 0.321 e. The lowest BCUT2D eigenvalue weighted by atomic mass is 9.72. The van der Waals surface area contributed by atoms with Crippen LogP contribution < -0.4 is 16.2 Å². The van der Waals surface area contributed by atoms with E-state index in [2.05, 4.69) is 39.0 Å². The summed E-state index contributed by atoms with van der Waals surface area (Å²) < 4.78 is 13.7. The Morgan fingerprint density at radius 3 is 2.84 bits per heavy atom. The molecule has 1 saturated carbocycles. The summed E-state index contributed by atoms with van der Waals surface area (Å²) >= 11 is 3.16. The lowest BCUT2D eigenvalue weighted by Gasteiger charge is -2.43. The van der Waals surface area contributed by atoms with Crippen molar-refractivity contribution in [1.29, 1.82) is 0 Å². The molecule has 3 aliphatic rings. The van der Waals surface area contributed by atoms with E-state index in [0.29, 0.717) is 28.2 Å². The van der Waals surface area contributed by atoms with Crippen LogP contribution in [0.15, 0.2) is 22.7 Å². The Balaban J connectivity index is 1.45. The number of urea groups is 1. The summed E-state index contributed by atoms with van der Waals surface area (Å²) in [4.78, 5) is 14.7. The van der Waals surface area contributed by atoms with Crippen LogP contribution in [0.1, 0.15) is 32.6 Å². The number of amides is 2. The van der Waals surface area contributed by atoms with Crippen molar-refractivity contribution in [1.82, 2.24) is 15.8 Å². The summed E-state index contributed by atoms with van der Waals surface area (Å²) in [5, 5.41) is 2.91. The van der Waals surface area contributed by atoms with Crippen LogP contribution >= 0.6 is 15.9 Å². The summed E-state index contributed by atoms with van der Waals surface area (Å²) in [5.74, 6) is 0.847. The van der Waals surface area contributed by atoms with Crippen LogP contribution in [-0.4, -0.2) is 35.6 Å². The normalized spacial score (nSPS) is 32.2. The first-order valence-corrected chi connectivity index (χ1v) is 9.86. The zero-order valence-corrected chi connectivity index (χ0v) is 15.9. The van der Waals surface area contributed by atoms with Gasteiger partial charge in [0.1, 0.15) is 5.82 Å². The second kappa shape index (κ2) is 6.85. The maximum absolute atomic E-state index is 13.4. The van der Waals surface area contributed by atoms with Gasteiger partial charge in [-0.15, -0.1) is 0 Å². The first-order valence-electron chi connectivity index (χ1n) is 9.06. The van der Waals surface area contributed by atoms with Crippen LogP contribution in [0.2, 0.25) is 0 Å². The van der Waals surface area contributed by atoms with E-state index in [9.17, 15) is 9.18 Å². The van der Waals surface area contributed by atoms with Gasteiger partial charge in [-0.25, -0.2) is 9.18 Å². The predicted molar refractivity (Wildman–Crippen MR) is 98.6 cm³/mol. The van der Waals surface area contributed by atoms with Crippen molar-refractivity contribution in [3.63, 3.8) is 0 Å². The number of hydrazine groups is 1. The van der Waals surface area contributed by atoms with Crippen molar-refractivity contribution < 1.29 is 9.18 Å². The molecule has 136 valence electrons. The van der Waals surface area contributed by atoms with E-state index in [1.165, 1.54) is 25.3 Å². The highest BCUT2D eigenvalue weighted by Gasteiger charge is 2.47. The second-order valence-electron chi connectivity index (χ2n) is 7.57. The van der Waals surface area contributed by atoms with Gasteiger partial charge < -0.3 is 10.2 Å². The van der Waals surface area contributed by atoms with E-state index in [1.807, 2.05) is 4.90 Å². The van der Waals surface area contributed by atoms with Crippen molar-refractivity contribution in [2.75, 3.05) is 11.9 Å². The van der Waals surface area contributed by atoms with Gasteiger partial charge in [0.05, 0.1) is 4.47 Å². The minimum absolute atomic E-state index is 0.108. The third-order valence-corrected chi connectivity index (χ3v) is 6.65. The molecule has 25 heavy (non-hydrogen) atoms. The summed E-state index contributed by atoms with van der Waals surface area (Å²) in [6, 6.07) is 5.49. The summed E-state index contributed by atoms with van der Waals surface area (Å²) in [6.45, 7) is 2.84. The first-order chi connectivity index (χ1) is 12.0. The van der Waals surface area contributed by atoms with Crippen molar-refractivity contribution >= 4 is 27.6 Å². The standard InChI is InChI=1S/C18H24BrFN4O/c1-10-7-16-13(17(23-22-16)11-3-2-4-11)9-24(10)18(25)21-12-5-6-15(20)14(19)8-12/h5-6,8,10-11,13,16-17,22-23H,2-4,7,9H2,1H3,(H,21,25). The minimum Gasteiger partial charge on any atom is -0.321 e. The van der Waals surface area contributed by atoms with Gasteiger partial charge in [-0.3, -0.25) is 10.9 Å². The Kier molecular flexibility index (Phi) is 4.73. The largest absolute Gasteiger partial charge is 0.322 e. The van der Waals surface area contributed by atoms with Crippen molar-refractivity contribution in [3.05, 3.63) is 28.5 Å². The highest BCUT2D eigenvalue weighted by Crippen LogP contribution is 2.38. The molecule has 1 aliphatic carbocycles. The highest BCUT2D eigenvalue weighted by atomic mass is 79.9. The lowest BCUT2D eigenvalue weighted by Crippen LogP contribution is -2.55. The molecule has 4 unspecified atom stereocenters. The molecular formula is C18H24BrFN4O. The molecule has 4 atom stereocenters. The molecule has 4 rings (SSSR count). The van der Waals surface area contributed by atoms with Crippen LogP contribution in [0.5, 0.6) is 0 Å². The van der Waals surface area contributed by atoms with Gasteiger partial charge in [-0.2, -0.15) is 0 Å². The topological polar surface area (TPSA) is 56.4 Å². The van der Waals surface area contributed by atoms with Crippen molar-refractivity contribution in [2.24, 2.45) is 11.8 Å². The number of halogens is 2. The van der Waals surface area contributed by atoms with Crippen LogP contribution in [0, 0.1) is 17.7 Å². The number of rotatable bonds is 2. The number of anilines is 1. The first kappa shape index (κ1) is 17.2. The molecule has 0 spiro atoms. The predicted octanol–water partition coefficient (Wildman–Crippen LogP) is 3.48. The molecule has 2 amide bonds. The van der Waals surface area contributed by atoms with Gasteiger partial charge in [0.2, 0.25) is 0 Å². The number of nitrogens with zero attached hydrogens (tertiary/aromatic N) is 1. The van der Waals surface area contributed by atoms with E-state index in [4.69, 9.17) is 0 Å². The van der Waals surface area contributed by atoms with E-state index in [1.54, 1.807) is 12.1 Å². The van der Waals surface area contributed by atoms with E-state index in [0.717, 1.165) is 18.9 Å². The number of hydrogen-bond donors (Lipinski definition) is 3. The minimum atomic E-state index is -0.335. The second-order valence-corrected chi connectivity index (χ2v) is 8.43.